The van der Waals surface area contributed by atoms with Gasteiger partial charge in [0.05, 0.1) is 18.7 Å². The van der Waals surface area contributed by atoms with Gasteiger partial charge in [0.1, 0.15) is 12.1 Å². The van der Waals surface area contributed by atoms with Crippen LogP contribution < -0.4 is 10.2 Å². The minimum atomic E-state index is -0.0613. The highest BCUT2D eigenvalue weighted by atomic mass is 16.3. The van der Waals surface area contributed by atoms with E-state index in [1.807, 2.05) is 30.5 Å². The predicted molar refractivity (Wildman–Crippen MR) is 94.6 cm³/mol. The van der Waals surface area contributed by atoms with Gasteiger partial charge in [-0.25, -0.2) is 4.98 Å². The molecule has 3 aromatic heterocycles. The summed E-state index contributed by atoms with van der Waals surface area (Å²) in [5.74, 6) is 2.25. The zero-order valence-corrected chi connectivity index (χ0v) is 14.3. The quantitative estimate of drug-likeness (QED) is 0.753. The molecule has 0 aliphatic carbocycles. The second kappa shape index (κ2) is 7.38. The molecular formula is C18H20N6O2. The molecule has 0 radical (unpaired) electrons. The van der Waals surface area contributed by atoms with Crippen molar-refractivity contribution < 1.29 is 9.21 Å². The third kappa shape index (κ3) is 3.58. The van der Waals surface area contributed by atoms with Crippen LogP contribution in [0.2, 0.25) is 0 Å². The number of nitrogens with zero attached hydrogens (tertiary/aromatic N) is 5. The van der Waals surface area contributed by atoms with Gasteiger partial charge in [0.2, 0.25) is 5.91 Å². The summed E-state index contributed by atoms with van der Waals surface area (Å²) in [5.41, 5.74) is 0. The molecule has 1 saturated heterocycles. The van der Waals surface area contributed by atoms with Gasteiger partial charge in [-0.3, -0.25) is 9.36 Å². The smallest absolute Gasteiger partial charge is 0.225 e. The second-order valence-corrected chi connectivity index (χ2v) is 6.30. The van der Waals surface area contributed by atoms with Gasteiger partial charge in [-0.05, 0) is 37.1 Å². The summed E-state index contributed by atoms with van der Waals surface area (Å²) < 4.78 is 7.06. The molecule has 3 aromatic rings. The van der Waals surface area contributed by atoms with Crippen molar-refractivity contribution in [3.8, 4) is 5.82 Å². The molecule has 1 atom stereocenters. The van der Waals surface area contributed by atoms with Crippen LogP contribution in [0.15, 0.2) is 53.7 Å². The Morgan fingerprint density at radius 1 is 1.27 bits per heavy atom. The van der Waals surface area contributed by atoms with E-state index in [9.17, 15) is 4.79 Å². The van der Waals surface area contributed by atoms with Gasteiger partial charge in [-0.15, -0.1) is 10.2 Å². The molecular weight excluding hydrogens is 332 g/mol. The maximum Gasteiger partial charge on any atom is 0.225 e. The van der Waals surface area contributed by atoms with Crippen LogP contribution in [0, 0.1) is 5.92 Å². The molecule has 1 unspecified atom stereocenters. The number of hydrogen-bond acceptors (Lipinski definition) is 6. The van der Waals surface area contributed by atoms with E-state index in [2.05, 4.69) is 25.4 Å². The molecule has 0 saturated carbocycles. The predicted octanol–water partition coefficient (Wildman–Crippen LogP) is 1.79. The molecule has 0 bridgehead atoms. The highest BCUT2D eigenvalue weighted by Gasteiger charge is 2.26. The number of piperidine rings is 1. The van der Waals surface area contributed by atoms with E-state index in [1.165, 1.54) is 0 Å². The van der Waals surface area contributed by atoms with Crippen LogP contribution in [0.5, 0.6) is 0 Å². The zero-order chi connectivity index (χ0) is 17.8. The molecule has 8 heteroatoms. The molecule has 134 valence electrons. The third-order valence-corrected chi connectivity index (χ3v) is 4.54. The molecule has 26 heavy (non-hydrogen) atoms. The van der Waals surface area contributed by atoms with Crippen molar-refractivity contribution in [1.29, 1.82) is 0 Å². The maximum atomic E-state index is 12.5. The second-order valence-electron chi connectivity index (χ2n) is 6.30. The monoisotopic (exact) mass is 352 g/mol. The van der Waals surface area contributed by atoms with Crippen molar-refractivity contribution in [3.63, 3.8) is 0 Å². The Hall–Kier alpha value is -3.16. The van der Waals surface area contributed by atoms with Crippen molar-refractivity contribution in [3.05, 3.63) is 55.0 Å². The largest absolute Gasteiger partial charge is 0.467 e. The first-order chi connectivity index (χ1) is 12.8. The van der Waals surface area contributed by atoms with Crippen LogP contribution in [-0.2, 0) is 11.3 Å². The zero-order valence-electron chi connectivity index (χ0n) is 14.3. The minimum absolute atomic E-state index is 0.0501. The van der Waals surface area contributed by atoms with E-state index in [1.54, 1.807) is 23.4 Å². The summed E-state index contributed by atoms with van der Waals surface area (Å²) in [4.78, 5) is 18.6. The van der Waals surface area contributed by atoms with Crippen molar-refractivity contribution in [2.24, 2.45) is 5.92 Å². The lowest BCUT2D eigenvalue weighted by atomic mass is 9.97. The molecule has 0 aromatic carbocycles. The first-order valence-electron chi connectivity index (χ1n) is 8.67. The van der Waals surface area contributed by atoms with Crippen LogP contribution in [0.1, 0.15) is 18.6 Å². The number of furan rings is 1. The molecule has 1 fully saturated rings. The molecule has 8 nitrogen and oxygen atoms in total. The van der Waals surface area contributed by atoms with E-state index in [4.69, 9.17) is 4.42 Å². The van der Waals surface area contributed by atoms with E-state index in [-0.39, 0.29) is 11.8 Å². The average Bonchev–Trinajstić information content (AvgIpc) is 3.40. The summed E-state index contributed by atoms with van der Waals surface area (Å²) in [6.45, 7) is 1.94. The van der Waals surface area contributed by atoms with Gasteiger partial charge in [0.25, 0.3) is 0 Å². The van der Waals surface area contributed by atoms with Crippen molar-refractivity contribution in [2.45, 2.75) is 19.4 Å². The Bertz CT molecular complexity index is 829. The molecule has 4 heterocycles. The normalized spacial score (nSPS) is 17.2. The summed E-state index contributed by atoms with van der Waals surface area (Å²) in [6, 6.07) is 7.51. The van der Waals surface area contributed by atoms with Crippen molar-refractivity contribution in [2.75, 3.05) is 18.0 Å². The van der Waals surface area contributed by atoms with Gasteiger partial charge in [-0.1, -0.05) is 0 Å². The van der Waals surface area contributed by atoms with E-state index in [0.29, 0.717) is 13.1 Å². The maximum absolute atomic E-state index is 12.5. The lowest BCUT2D eigenvalue weighted by molar-refractivity contribution is -0.125. The number of nitrogens with one attached hydrogen (secondary N) is 1. The van der Waals surface area contributed by atoms with Crippen LogP contribution in [0.4, 0.5) is 5.82 Å². The van der Waals surface area contributed by atoms with Crippen molar-refractivity contribution >= 4 is 11.7 Å². The Morgan fingerprint density at radius 3 is 2.88 bits per heavy atom. The Kier molecular flexibility index (Phi) is 4.63. The fourth-order valence-corrected chi connectivity index (χ4v) is 3.15. The molecule has 1 N–H and O–H groups in total. The number of carbonyl (C=O) groups is 1. The first kappa shape index (κ1) is 16.3. The van der Waals surface area contributed by atoms with E-state index < -0.39 is 0 Å². The van der Waals surface area contributed by atoms with Crippen molar-refractivity contribution in [1.82, 2.24) is 25.1 Å². The Balaban J connectivity index is 1.37. The molecule has 1 aliphatic rings. The number of carbonyl (C=O) groups excluding carboxylic acids is 1. The fourth-order valence-electron chi connectivity index (χ4n) is 3.15. The summed E-state index contributed by atoms with van der Waals surface area (Å²) in [7, 11) is 0. The van der Waals surface area contributed by atoms with Gasteiger partial charge in [0.15, 0.2) is 11.6 Å². The lowest BCUT2D eigenvalue weighted by Gasteiger charge is -2.32. The van der Waals surface area contributed by atoms with Gasteiger partial charge in [0, 0.05) is 25.5 Å². The fraction of sp³-hybridized carbons (Fsp3) is 0.333. The third-order valence-electron chi connectivity index (χ3n) is 4.54. The SMILES string of the molecule is O=C(NCc1ccco1)C1CCCN(c2ccc(-n3ccnc3)nn2)C1. The minimum Gasteiger partial charge on any atom is -0.467 e. The first-order valence-corrected chi connectivity index (χ1v) is 8.67. The van der Waals surface area contributed by atoms with Gasteiger partial charge < -0.3 is 14.6 Å². The summed E-state index contributed by atoms with van der Waals surface area (Å²) in [5, 5.41) is 11.5. The van der Waals surface area contributed by atoms with Gasteiger partial charge in [-0.2, -0.15) is 0 Å². The highest BCUT2D eigenvalue weighted by Crippen LogP contribution is 2.22. The standard InChI is InChI=1S/C18H20N6O2/c25-18(20-11-15-4-2-10-26-15)14-3-1-8-23(12-14)16-5-6-17(22-21-16)24-9-7-19-13-24/h2,4-7,9-10,13-14H,1,3,8,11-12H2,(H,20,25). The average molecular weight is 352 g/mol. The summed E-state index contributed by atoms with van der Waals surface area (Å²) >= 11 is 0. The van der Waals surface area contributed by atoms with E-state index >= 15 is 0 Å². The lowest BCUT2D eigenvalue weighted by Crippen LogP contribution is -2.43. The Labute approximate surface area is 150 Å². The molecule has 4 rings (SSSR count). The number of imidazole rings is 1. The summed E-state index contributed by atoms with van der Waals surface area (Å²) in [6.07, 6.45) is 8.64. The molecule has 1 aliphatic heterocycles. The highest BCUT2D eigenvalue weighted by molar-refractivity contribution is 5.79. The number of amides is 1. The van der Waals surface area contributed by atoms with E-state index in [0.717, 1.165) is 36.8 Å². The van der Waals surface area contributed by atoms with Crippen LogP contribution in [0.3, 0.4) is 0 Å². The number of anilines is 1. The van der Waals surface area contributed by atoms with Crippen LogP contribution in [0.25, 0.3) is 5.82 Å². The topological polar surface area (TPSA) is 89.1 Å². The number of rotatable bonds is 5. The number of hydrogen-bond donors (Lipinski definition) is 1. The molecule has 0 spiro atoms. The number of aromatic nitrogens is 4. The van der Waals surface area contributed by atoms with Crippen LogP contribution in [-0.4, -0.2) is 38.7 Å². The van der Waals surface area contributed by atoms with Gasteiger partial charge >= 0.3 is 0 Å². The molecule has 1 amide bonds. The van der Waals surface area contributed by atoms with Crippen LogP contribution >= 0.6 is 0 Å². The Morgan fingerprint density at radius 2 is 2.15 bits per heavy atom.